The highest BCUT2D eigenvalue weighted by Crippen LogP contribution is 2.37. The van der Waals surface area contributed by atoms with Gasteiger partial charge in [-0.05, 0) is 32.1 Å². The highest BCUT2D eigenvalue weighted by Gasteiger charge is 2.50. The molecule has 0 radical (unpaired) electrons. The second kappa shape index (κ2) is 6.92. The molecule has 1 fully saturated rings. The lowest BCUT2D eigenvalue weighted by Gasteiger charge is -2.49. The minimum absolute atomic E-state index is 0.246. The smallest absolute Gasteiger partial charge is 0.115 e. The zero-order chi connectivity index (χ0) is 16.4. The first-order chi connectivity index (χ1) is 9.59. The van der Waals surface area contributed by atoms with Crippen LogP contribution in [0.4, 0.5) is 0 Å². The maximum absolute atomic E-state index is 10.5. The maximum atomic E-state index is 10.5. The number of aliphatic hydroxyl groups is 3. The first-order valence-electron chi connectivity index (χ1n) is 7.90. The minimum atomic E-state index is -1.07. The molecule has 0 aliphatic carbocycles. The van der Waals surface area contributed by atoms with E-state index in [1.807, 2.05) is 41.5 Å². The Labute approximate surface area is 128 Å². The van der Waals surface area contributed by atoms with E-state index < -0.39 is 36.1 Å². The Kier molecular flexibility index (Phi) is 6.21. The van der Waals surface area contributed by atoms with Gasteiger partial charge >= 0.3 is 0 Å². The molecule has 1 aliphatic heterocycles. The van der Waals surface area contributed by atoms with Crippen LogP contribution in [0.15, 0.2) is 0 Å². The van der Waals surface area contributed by atoms with Crippen molar-refractivity contribution in [3.63, 3.8) is 0 Å². The Bertz CT molecular complexity index is 327. The Morgan fingerprint density at radius 2 is 1.57 bits per heavy atom. The van der Waals surface area contributed by atoms with Gasteiger partial charge in [0.1, 0.15) is 24.4 Å². The molecule has 5 unspecified atom stereocenters. The van der Waals surface area contributed by atoms with E-state index in [1.54, 1.807) is 0 Å². The summed E-state index contributed by atoms with van der Waals surface area (Å²) in [7, 11) is 0. The third-order valence-electron chi connectivity index (χ3n) is 4.85. The average molecular weight is 304 g/mol. The van der Waals surface area contributed by atoms with Gasteiger partial charge in [-0.25, -0.2) is 0 Å². The lowest BCUT2D eigenvalue weighted by atomic mass is 9.77. The van der Waals surface area contributed by atoms with Crippen molar-refractivity contribution in [2.45, 2.75) is 90.5 Å². The number of hydrogen-bond donors (Lipinski definition) is 3. The average Bonchev–Trinajstić information content (AvgIpc) is 2.44. The molecule has 0 aromatic rings. The fraction of sp³-hybridized carbons (Fsp3) is 1.00. The molecule has 0 bridgehead atoms. The van der Waals surface area contributed by atoms with Gasteiger partial charge in [0.2, 0.25) is 0 Å². The summed E-state index contributed by atoms with van der Waals surface area (Å²) in [5.41, 5.74) is -0.742. The summed E-state index contributed by atoms with van der Waals surface area (Å²) in [5, 5.41) is 30.5. The van der Waals surface area contributed by atoms with Crippen LogP contribution in [0.5, 0.6) is 0 Å². The summed E-state index contributed by atoms with van der Waals surface area (Å²) in [5.74, 6) is 0. The van der Waals surface area contributed by atoms with Gasteiger partial charge in [-0.3, -0.25) is 0 Å². The van der Waals surface area contributed by atoms with Gasteiger partial charge in [-0.2, -0.15) is 0 Å². The predicted molar refractivity (Wildman–Crippen MR) is 81.1 cm³/mol. The molecule has 21 heavy (non-hydrogen) atoms. The van der Waals surface area contributed by atoms with Gasteiger partial charge in [0.05, 0.1) is 18.3 Å². The molecular formula is C16H32O5. The molecule has 5 heteroatoms. The van der Waals surface area contributed by atoms with E-state index in [4.69, 9.17) is 9.47 Å². The molecule has 3 N–H and O–H groups in total. The SMILES string of the molecule is CCC(C)(C)OC1C(CO)OC(C(C)(C)CC)C(O)C1O. The second-order valence-corrected chi connectivity index (χ2v) is 7.30. The van der Waals surface area contributed by atoms with Crippen LogP contribution in [0.25, 0.3) is 0 Å². The molecule has 0 amide bonds. The van der Waals surface area contributed by atoms with E-state index in [0.717, 1.165) is 12.8 Å². The molecule has 1 heterocycles. The lowest BCUT2D eigenvalue weighted by Crippen LogP contribution is -2.63. The molecule has 5 nitrogen and oxygen atoms in total. The number of aliphatic hydroxyl groups excluding tert-OH is 3. The lowest BCUT2D eigenvalue weighted by molar-refractivity contribution is -0.280. The Morgan fingerprint density at radius 1 is 1.00 bits per heavy atom. The zero-order valence-corrected chi connectivity index (χ0v) is 14.2. The van der Waals surface area contributed by atoms with Crippen LogP contribution < -0.4 is 0 Å². The van der Waals surface area contributed by atoms with Crippen molar-refractivity contribution in [2.24, 2.45) is 5.41 Å². The van der Waals surface area contributed by atoms with E-state index in [9.17, 15) is 15.3 Å². The third-order valence-corrected chi connectivity index (χ3v) is 4.85. The van der Waals surface area contributed by atoms with Gasteiger partial charge in [0, 0.05) is 0 Å². The van der Waals surface area contributed by atoms with Crippen LogP contribution in [0.2, 0.25) is 0 Å². The van der Waals surface area contributed by atoms with Crippen molar-refractivity contribution in [2.75, 3.05) is 6.61 Å². The quantitative estimate of drug-likeness (QED) is 0.693. The van der Waals surface area contributed by atoms with Gasteiger partial charge in [0.15, 0.2) is 0 Å². The largest absolute Gasteiger partial charge is 0.394 e. The minimum Gasteiger partial charge on any atom is -0.394 e. The summed E-state index contributed by atoms with van der Waals surface area (Å²) in [6.07, 6.45) is -2.44. The van der Waals surface area contributed by atoms with Gasteiger partial charge in [-0.1, -0.05) is 27.7 Å². The highest BCUT2D eigenvalue weighted by atomic mass is 16.6. The zero-order valence-electron chi connectivity index (χ0n) is 14.2. The molecule has 0 saturated carbocycles. The molecule has 1 saturated heterocycles. The Hall–Kier alpha value is -0.200. The van der Waals surface area contributed by atoms with E-state index in [0.29, 0.717) is 0 Å². The molecule has 1 aliphatic rings. The summed E-state index contributed by atoms with van der Waals surface area (Å²) in [6, 6.07) is 0. The molecule has 0 spiro atoms. The first-order valence-corrected chi connectivity index (χ1v) is 7.90. The summed E-state index contributed by atoms with van der Waals surface area (Å²) < 4.78 is 11.8. The molecule has 0 aromatic carbocycles. The van der Waals surface area contributed by atoms with Crippen molar-refractivity contribution < 1.29 is 24.8 Å². The Balaban J connectivity index is 2.96. The molecule has 126 valence electrons. The number of ether oxygens (including phenoxy) is 2. The van der Waals surface area contributed by atoms with Crippen LogP contribution in [0.3, 0.4) is 0 Å². The van der Waals surface area contributed by atoms with E-state index in [2.05, 4.69) is 0 Å². The van der Waals surface area contributed by atoms with Crippen LogP contribution in [0.1, 0.15) is 54.4 Å². The van der Waals surface area contributed by atoms with Crippen molar-refractivity contribution in [3.05, 3.63) is 0 Å². The molecule has 1 rings (SSSR count). The summed E-state index contributed by atoms with van der Waals surface area (Å²) in [4.78, 5) is 0. The molecule has 0 aromatic heterocycles. The first kappa shape index (κ1) is 18.8. The van der Waals surface area contributed by atoms with E-state index in [-0.39, 0.29) is 12.0 Å². The van der Waals surface area contributed by atoms with Gasteiger partial charge in [-0.15, -0.1) is 0 Å². The van der Waals surface area contributed by atoms with Crippen molar-refractivity contribution in [1.29, 1.82) is 0 Å². The van der Waals surface area contributed by atoms with Crippen LogP contribution in [-0.4, -0.2) is 58.0 Å². The fourth-order valence-corrected chi connectivity index (χ4v) is 2.53. The second-order valence-electron chi connectivity index (χ2n) is 7.30. The fourth-order valence-electron chi connectivity index (χ4n) is 2.53. The van der Waals surface area contributed by atoms with Crippen molar-refractivity contribution >= 4 is 0 Å². The summed E-state index contributed by atoms with van der Waals surface area (Å²) in [6.45, 7) is 11.6. The molecular weight excluding hydrogens is 272 g/mol. The normalized spacial score (nSPS) is 35.0. The van der Waals surface area contributed by atoms with E-state index >= 15 is 0 Å². The van der Waals surface area contributed by atoms with E-state index in [1.165, 1.54) is 0 Å². The topological polar surface area (TPSA) is 79.2 Å². The maximum Gasteiger partial charge on any atom is 0.115 e. The van der Waals surface area contributed by atoms with Gasteiger partial charge < -0.3 is 24.8 Å². The summed E-state index contributed by atoms with van der Waals surface area (Å²) >= 11 is 0. The highest BCUT2D eigenvalue weighted by molar-refractivity contribution is 4.98. The Morgan fingerprint density at radius 3 is 2.00 bits per heavy atom. The third kappa shape index (κ3) is 4.17. The standard InChI is InChI=1S/C16H32O5/c1-7-15(3,4)14-12(19)11(18)13(10(9-17)20-14)21-16(5,6)8-2/h10-14,17-19H,7-9H2,1-6H3. The van der Waals surface area contributed by atoms with Crippen molar-refractivity contribution in [1.82, 2.24) is 0 Å². The number of hydrogen-bond acceptors (Lipinski definition) is 5. The van der Waals surface area contributed by atoms with Crippen LogP contribution in [0, 0.1) is 5.41 Å². The molecule has 5 atom stereocenters. The van der Waals surface area contributed by atoms with Gasteiger partial charge in [0.25, 0.3) is 0 Å². The monoisotopic (exact) mass is 304 g/mol. The number of rotatable bonds is 6. The van der Waals surface area contributed by atoms with Crippen LogP contribution in [-0.2, 0) is 9.47 Å². The predicted octanol–water partition coefficient (Wildman–Crippen LogP) is 1.48. The van der Waals surface area contributed by atoms with Crippen LogP contribution >= 0.6 is 0 Å². The van der Waals surface area contributed by atoms with Crippen molar-refractivity contribution in [3.8, 4) is 0 Å².